The quantitative estimate of drug-likeness (QED) is 0.716. The van der Waals surface area contributed by atoms with Crippen LogP contribution in [-0.4, -0.2) is 32.3 Å². The molecule has 1 aromatic carbocycles. The van der Waals surface area contributed by atoms with E-state index in [4.69, 9.17) is 5.26 Å². The number of nitrogens with one attached hydrogen (secondary N) is 2. The van der Waals surface area contributed by atoms with Gasteiger partial charge in [-0.2, -0.15) is 23.5 Å². The van der Waals surface area contributed by atoms with Crippen LogP contribution in [0.5, 0.6) is 0 Å². The van der Waals surface area contributed by atoms with Crippen LogP contribution in [0.4, 0.5) is 24.5 Å². The number of nitriles is 1. The van der Waals surface area contributed by atoms with E-state index in [0.29, 0.717) is 11.8 Å². The van der Waals surface area contributed by atoms with E-state index in [1.165, 1.54) is 30.1 Å². The third-order valence-electron chi connectivity index (χ3n) is 3.62. The summed E-state index contributed by atoms with van der Waals surface area (Å²) in [5.41, 5.74) is -3.67. The van der Waals surface area contributed by atoms with Gasteiger partial charge in [-0.1, -0.05) is 0 Å². The van der Waals surface area contributed by atoms with E-state index in [1.807, 2.05) is 0 Å². The van der Waals surface area contributed by atoms with Crippen LogP contribution in [0.3, 0.4) is 0 Å². The second kappa shape index (κ2) is 7.69. The number of alkyl halides is 3. The van der Waals surface area contributed by atoms with Crippen LogP contribution >= 0.6 is 0 Å². The highest BCUT2D eigenvalue weighted by Crippen LogP contribution is 2.33. The van der Waals surface area contributed by atoms with E-state index in [9.17, 15) is 27.9 Å². The lowest BCUT2D eigenvalue weighted by molar-refractivity contribution is -0.138. The first-order valence-electron chi connectivity index (χ1n) is 7.87. The van der Waals surface area contributed by atoms with Crippen molar-refractivity contribution in [1.82, 2.24) is 9.78 Å². The van der Waals surface area contributed by atoms with E-state index < -0.39 is 28.8 Å². The van der Waals surface area contributed by atoms with Gasteiger partial charge in [-0.05, 0) is 25.1 Å². The molecule has 0 spiro atoms. The number of aliphatic hydroxyl groups is 1. The Bertz CT molecular complexity index is 944. The lowest BCUT2D eigenvalue weighted by atomic mass is 10.0. The zero-order chi connectivity index (χ0) is 21.1. The predicted octanol–water partition coefficient (Wildman–Crippen LogP) is 2.12. The first kappa shape index (κ1) is 20.9. The summed E-state index contributed by atoms with van der Waals surface area (Å²) in [5.74, 6) is -1.30. The fourth-order valence-corrected chi connectivity index (χ4v) is 2.32. The van der Waals surface area contributed by atoms with Crippen molar-refractivity contribution in [3.05, 3.63) is 41.7 Å². The lowest BCUT2D eigenvalue weighted by Crippen LogP contribution is -2.43. The molecule has 1 heterocycles. The zero-order valence-electron chi connectivity index (χ0n) is 14.8. The maximum absolute atomic E-state index is 13.0. The van der Waals surface area contributed by atoms with Gasteiger partial charge in [0.2, 0.25) is 5.91 Å². The standard InChI is InChI=1S/C17H16F3N5O3/c1-10(26)23-13-7-22-25(8-13)9-16(2,28)15(27)24-12-4-3-11(6-21)14(5-12)17(18,19)20/h3-5,7-8,28H,9H2,1-2H3,(H,23,26)(H,24,27). The molecule has 28 heavy (non-hydrogen) atoms. The number of hydrogen-bond acceptors (Lipinski definition) is 5. The Morgan fingerprint density at radius 2 is 1.96 bits per heavy atom. The topological polar surface area (TPSA) is 120 Å². The third-order valence-corrected chi connectivity index (χ3v) is 3.62. The Labute approximate surface area is 157 Å². The van der Waals surface area contributed by atoms with Crippen LogP contribution in [0, 0.1) is 11.3 Å². The summed E-state index contributed by atoms with van der Waals surface area (Å²) in [6.07, 6.45) is -2.08. The fraction of sp³-hybridized carbons (Fsp3) is 0.294. The van der Waals surface area contributed by atoms with Crippen LogP contribution in [0.15, 0.2) is 30.6 Å². The molecular formula is C17H16F3N5O3. The molecule has 0 aliphatic rings. The van der Waals surface area contributed by atoms with Crippen molar-refractivity contribution in [2.75, 3.05) is 10.6 Å². The lowest BCUT2D eigenvalue weighted by Gasteiger charge is -2.22. The van der Waals surface area contributed by atoms with Gasteiger partial charge in [0.25, 0.3) is 5.91 Å². The van der Waals surface area contributed by atoms with Crippen LogP contribution < -0.4 is 10.6 Å². The van der Waals surface area contributed by atoms with Gasteiger partial charge in [0.05, 0.1) is 35.6 Å². The molecule has 2 amide bonds. The van der Waals surface area contributed by atoms with Gasteiger partial charge in [-0.3, -0.25) is 14.3 Å². The van der Waals surface area contributed by atoms with Gasteiger partial charge < -0.3 is 15.7 Å². The number of carbonyl (C=O) groups is 2. The Morgan fingerprint density at radius 1 is 1.29 bits per heavy atom. The first-order valence-corrected chi connectivity index (χ1v) is 7.87. The van der Waals surface area contributed by atoms with Crippen molar-refractivity contribution in [3.63, 3.8) is 0 Å². The smallest absolute Gasteiger partial charge is 0.378 e. The van der Waals surface area contributed by atoms with E-state index in [-0.39, 0.29) is 18.1 Å². The second-order valence-electron chi connectivity index (χ2n) is 6.21. The Hall–Kier alpha value is -3.39. The molecule has 8 nitrogen and oxygen atoms in total. The number of rotatable bonds is 5. The molecule has 1 atom stereocenters. The minimum atomic E-state index is -4.77. The summed E-state index contributed by atoms with van der Waals surface area (Å²) in [6.45, 7) is 2.14. The van der Waals surface area contributed by atoms with Crippen molar-refractivity contribution in [3.8, 4) is 6.07 Å². The molecule has 0 aliphatic heterocycles. The number of hydrogen-bond donors (Lipinski definition) is 3. The minimum Gasteiger partial charge on any atom is -0.378 e. The summed E-state index contributed by atoms with van der Waals surface area (Å²) in [4.78, 5) is 23.3. The molecule has 0 fully saturated rings. The number of anilines is 2. The first-order chi connectivity index (χ1) is 12.9. The molecule has 1 unspecified atom stereocenters. The van der Waals surface area contributed by atoms with Crippen molar-refractivity contribution < 1.29 is 27.9 Å². The minimum absolute atomic E-state index is 0.226. The van der Waals surface area contributed by atoms with Crippen molar-refractivity contribution in [2.24, 2.45) is 0 Å². The molecular weight excluding hydrogens is 379 g/mol. The zero-order valence-corrected chi connectivity index (χ0v) is 14.8. The molecule has 0 aliphatic carbocycles. The normalized spacial score (nSPS) is 13.3. The van der Waals surface area contributed by atoms with E-state index >= 15 is 0 Å². The summed E-state index contributed by atoms with van der Waals surface area (Å²) in [6, 6.07) is 4.12. The van der Waals surface area contributed by atoms with E-state index in [2.05, 4.69) is 15.7 Å². The van der Waals surface area contributed by atoms with Gasteiger partial charge in [0, 0.05) is 18.8 Å². The number of amides is 2. The highest BCUT2D eigenvalue weighted by Gasteiger charge is 2.35. The van der Waals surface area contributed by atoms with Gasteiger partial charge in [0.1, 0.15) is 0 Å². The summed E-state index contributed by atoms with van der Waals surface area (Å²) in [7, 11) is 0. The number of carbonyl (C=O) groups excluding carboxylic acids is 2. The van der Waals surface area contributed by atoms with Crippen molar-refractivity contribution >= 4 is 23.2 Å². The molecule has 0 saturated heterocycles. The Balaban J connectivity index is 2.16. The SMILES string of the molecule is CC(=O)Nc1cnn(CC(C)(O)C(=O)Nc2ccc(C#N)c(C(F)(F)F)c2)c1. The number of benzene rings is 1. The van der Waals surface area contributed by atoms with Crippen molar-refractivity contribution in [1.29, 1.82) is 5.26 Å². The molecule has 0 bridgehead atoms. The second-order valence-corrected chi connectivity index (χ2v) is 6.21. The molecule has 2 aromatic rings. The number of halogens is 3. The van der Waals surface area contributed by atoms with Gasteiger partial charge >= 0.3 is 6.18 Å². The average molecular weight is 395 g/mol. The molecule has 11 heteroatoms. The van der Waals surface area contributed by atoms with Crippen molar-refractivity contribution in [2.45, 2.75) is 32.2 Å². The highest BCUT2D eigenvalue weighted by atomic mass is 19.4. The van der Waals surface area contributed by atoms with Gasteiger partial charge in [-0.15, -0.1) is 0 Å². The Kier molecular flexibility index (Phi) is 5.75. The molecule has 1 aromatic heterocycles. The molecule has 148 valence electrons. The maximum Gasteiger partial charge on any atom is 0.417 e. The van der Waals surface area contributed by atoms with Gasteiger partial charge in [0.15, 0.2) is 5.60 Å². The average Bonchev–Trinajstić information content (AvgIpc) is 2.99. The largest absolute Gasteiger partial charge is 0.417 e. The van der Waals surface area contributed by atoms with Crippen LogP contribution in [0.25, 0.3) is 0 Å². The summed E-state index contributed by atoms with van der Waals surface area (Å²) < 4.78 is 40.2. The number of nitrogens with zero attached hydrogens (tertiary/aromatic N) is 3. The van der Waals surface area contributed by atoms with Crippen LogP contribution in [-0.2, 0) is 22.3 Å². The molecule has 2 rings (SSSR count). The fourth-order valence-electron chi connectivity index (χ4n) is 2.32. The Morgan fingerprint density at radius 3 is 2.54 bits per heavy atom. The van der Waals surface area contributed by atoms with E-state index in [1.54, 1.807) is 0 Å². The maximum atomic E-state index is 13.0. The third kappa shape index (κ3) is 5.08. The predicted molar refractivity (Wildman–Crippen MR) is 91.9 cm³/mol. The monoisotopic (exact) mass is 395 g/mol. The number of aromatic nitrogens is 2. The summed E-state index contributed by atoms with van der Waals surface area (Å²) >= 11 is 0. The molecule has 3 N–H and O–H groups in total. The van der Waals surface area contributed by atoms with E-state index in [0.717, 1.165) is 19.1 Å². The van der Waals surface area contributed by atoms with Gasteiger partial charge in [-0.25, -0.2) is 0 Å². The van der Waals surface area contributed by atoms with Crippen LogP contribution in [0.2, 0.25) is 0 Å². The van der Waals surface area contributed by atoms with Crippen LogP contribution in [0.1, 0.15) is 25.0 Å². The summed E-state index contributed by atoms with van der Waals surface area (Å²) in [5, 5.41) is 27.7. The molecule has 0 saturated carbocycles. The molecule has 0 radical (unpaired) electrons. The highest BCUT2D eigenvalue weighted by molar-refractivity contribution is 5.97.